The van der Waals surface area contributed by atoms with Crippen molar-refractivity contribution in [1.29, 1.82) is 0 Å². The second kappa shape index (κ2) is 4.23. The smallest absolute Gasteiger partial charge is 0.341 e. The molecule has 3 heterocycles. The molecular formula is C11H10N2O5S. The number of aromatic nitrogens is 1. The summed E-state index contributed by atoms with van der Waals surface area (Å²) in [7, 11) is 0. The van der Waals surface area contributed by atoms with E-state index in [1.54, 1.807) is 6.92 Å². The Balaban J connectivity index is 1.99. The zero-order chi connectivity index (χ0) is 13.6. The minimum absolute atomic E-state index is 0.255. The number of esters is 1. The van der Waals surface area contributed by atoms with E-state index in [0.717, 1.165) is 10.2 Å². The van der Waals surface area contributed by atoms with Crippen LogP contribution in [0.5, 0.6) is 5.06 Å². The lowest BCUT2D eigenvalue weighted by Gasteiger charge is -2.05. The van der Waals surface area contributed by atoms with Gasteiger partial charge in [-0.3, -0.25) is 15.0 Å². The normalized spacial score (nSPS) is 13.3. The first-order valence-electron chi connectivity index (χ1n) is 5.74. The summed E-state index contributed by atoms with van der Waals surface area (Å²) in [4.78, 5) is 33.9. The topological polar surface area (TPSA) is 86.6 Å². The third-order valence-corrected chi connectivity index (χ3v) is 3.84. The number of nitrogens with zero attached hydrogens (tertiary/aromatic N) is 1. The molecule has 1 N–H and O–H groups in total. The molecule has 0 spiro atoms. The van der Waals surface area contributed by atoms with E-state index in [4.69, 9.17) is 9.47 Å². The summed E-state index contributed by atoms with van der Waals surface area (Å²) in [6.07, 6.45) is 0.615. The summed E-state index contributed by atoms with van der Waals surface area (Å²) in [5.74, 6) is -0.477. The zero-order valence-electron chi connectivity index (χ0n) is 10.0. The summed E-state index contributed by atoms with van der Waals surface area (Å²) in [5, 5.41) is 1.04. The van der Waals surface area contributed by atoms with E-state index in [1.807, 2.05) is 0 Å². The van der Waals surface area contributed by atoms with Crippen molar-refractivity contribution in [2.45, 2.75) is 13.3 Å². The highest BCUT2D eigenvalue weighted by Crippen LogP contribution is 2.43. The van der Waals surface area contributed by atoms with Gasteiger partial charge >= 0.3 is 17.1 Å². The largest absolute Gasteiger partial charge is 0.483 e. The van der Waals surface area contributed by atoms with Gasteiger partial charge in [-0.15, -0.1) is 0 Å². The molecule has 2 aromatic rings. The van der Waals surface area contributed by atoms with Gasteiger partial charge in [-0.05, 0) is 6.92 Å². The molecule has 19 heavy (non-hydrogen) atoms. The molecular weight excluding hydrogens is 272 g/mol. The van der Waals surface area contributed by atoms with Crippen molar-refractivity contribution in [3.8, 4) is 5.06 Å². The standard InChI is InChI=1S/C11H10N2O5S/c1-2-17-10(16)6-5-3-4-18-11(5)19-7(6)12-13-8(14)9(13)15/h12H,2-4H2,1H3. The van der Waals surface area contributed by atoms with E-state index < -0.39 is 17.1 Å². The van der Waals surface area contributed by atoms with Crippen molar-refractivity contribution in [2.24, 2.45) is 0 Å². The Hall–Kier alpha value is -2.09. The molecule has 0 unspecified atom stereocenters. The van der Waals surface area contributed by atoms with E-state index >= 15 is 0 Å². The Bertz CT molecular complexity index is 697. The molecule has 0 atom stereocenters. The molecule has 0 aromatic carbocycles. The lowest BCUT2D eigenvalue weighted by Crippen LogP contribution is -2.13. The summed E-state index contributed by atoms with van der Waals surface area (Å²) >= 11 is 1.19. The summed E-state index contributed by atoms with van der Waals surface area (Å²) < 4.78 is 11.2. The molecule has 1 aliphatic heterocycles. The Morgan fingerprint density at radius 3 is 2.84 bits per heavy atom. The fraction of sp³-hybridized carbons (Fsp3) is 0.364. The van der Waals surface area contributed by atoms with Gasteiger partial charge in [-0.25, -0.2) is 4.79 Å². The SMILES string of the molecule is CCOC(=O)c1c(Nn2c(=O)c2=O)sc2c1CCO2. The minimum atomic E-state index is -0.621. The van der Waals surface area contributed by atoms with Crippen LogP contribution >= 0.6 is 11.3 Å². The number of anilines is 1. The molecule has 3 rings (SSSR count). The third kappa shape index (κ3) is 1.84. The first kappa shape index (κ1) is 12.0. The van der Waals surface area contributed by atoms with Crippen molar-refractivity contribution < 1.29 is 14.3 Å². The van der Waals surface area contributed by atoms with Gasteiger partial charge in [-0.1, -0.05) is 11.3 Å². The van der Waals surface area contributed by atoms with Crippen molar-refractivity contribution >= 4 is 22.3 Å². The molecule has 0 saturated carbocycles. The number of nitrogens with one attached hydrogen (secondary N) is 1. The van der Waals surface area contributed by atoms with Gasteiger partial charge in [0.25, 0.3) is 0 Å². The third-order valence-electron chi connectivity index (χ3n) is 2.79. The number of ether oxygens (including phenoxy) is 2. The predicted octanol–water partition coefficient (Wildman–Crippen LogP) is 0.132. The number of rotatable bonds is 4. The van der Waals surface area contributed by atoms with Crippen molar-refractivity contribution in [2.75, 3.05) is 18.6 Å². The average Bonchev–Trinajstić information content (AvgIpc) is 2.74. The van der Waals surface area contributed by atoms with Crippen LogP contribution in [0.25, 0.3) is 0 Å². The van der Waals surface area contributed by atoms with Crippen molar-refractivity contribution in [3.05, 3.63) is 31.8 Å². The molecule has 0 bridgehead atoms. The number of carbonyl (C=O) groups excluding carboxylic acids is 1. The van der Waals surface area contributed by atoms with Gasteiger partial charge in [0.05, 0.1) is 13.2 Å². The lowest BCUT2D eigenvalue weighted by atomic mass is 10.1. The van der Waals surface area contributed by atoms with E-state index in [0.29, 0.717) is 28.7 Å². The molecule has 0 amide bonds. The zero-order valence-corrected chi connectivity index (χ0v) is 10.8. The average molecular weight is 282 g/mol. The van der Waals surface area contributed by atoms with Crippen LogP contribution in [0.4, 0.5) is 5.00 Å². The molecule has 0 radical (unpaired) electrons. The maximum absolute atomic E-state index is 12.0. The van der Waals surface area contributed by atoms with Gasteiger partial charge in [0.15, 0.2) is 5.06 Å². The first-order chi connectivity index (χ1) is 9.13. The number of carbonyl (C=O) groups is 1. The molecule has 100 valence electrons. The minimum Gasteiger partial charge on any atom is -0.483 e. The quantitative estimate of drug-likeness (QED) is 0.633. The summed E-state index contributed by atoms with van der Waals surface area (Å²) in [6, 6.07) is 0. The van der Waals surface area contributed by atoms with Crippen molar-refractivity contribution in [1.82, 2.24) is 4.68 Å². The molecule has 1 aliphatic rings. The van der Waals surface area contributed by atoms with Crippen LogP contribution in [-0.4, -0.2) is 23.9 Å². The molecule has 0 fully saturated rings. The molecule has 7 nitrogen and oxygen atoms in total. The summed E-state index contributed by atoms with van der Waals surface area (Å²) in [6.45, 7) is 2.49. The second-order valence-electron chi connectivity index (χ2n) is 3.95. The predicted molar refractivity (Wildman–Crippen MR) is 67.8 cm³/mol. The van der Waals surface area contributed by atoms with Crippen LogP contribution in [0.3, 0.4) is 0 Å². The molecule has 0 saturated heterocycles. The van der Waals surface area contributed by atoms with Gasteiger partial charge in [0, 0.05) is 12.0 Å². The van der Waals surface area contributed by atoms with Gasteiger partial charge in [-0.2, -0.15) is 4.68 Å². The van der Waals surface area contributed by atoms with Crippen molar-refractivity contribution in [3.63, 3.8) is 0 Å². The van der Waals surface area contributed by atoms with Crippen LogP contribution in [0.2, 0.25) is 0 Å². The number of hydrogen-bond donors (Lipinski definition) is 1. The Kier molecular flexibility index (Phi) is 2.67. The monoisotopic (exact) mass is 282 g/mol. The summed E-state index contributed by atoms with van der Waals surface area (Å²) in [5.41, 5.74) is 2.51. The highest BCUT2D eigenvalue weighted by molar-refractivity contribution is 7.18. The molecule has 0 aliphatic carbocycles. The van der Waals surface area contributed by atoms with E-state index in [1.165, 1.54) is 11.3 Å². The number of thiophene rings is 1. The van der Waals surface area contributed by atoms with Crippen LogP contribution < -0.4 is 21.3 Å². The Labute approximate surface area is 111 Å². The van der Waals surface area contributed by atoms with Crippen LogP contribution in [-0.2, 0) is 11.2 Å². The first-order valence-corrected chi connectivity index (χ1v) is 6.55. The number of hydrogen-bond acceptors (Lipinski definition) is 7. The highest BCUT2D eigenvalue weighted by Gasteiger charge is 2.30. The maximum Gasteiger partial charge on any atom is 0.341 e. The fourth-order valence-corrected chi connectivity index (χ4v) is 2.97. The van der Waals surface area contributed by atoms with Crippen LogP contribution in [0.1, 0.15) is 22.8 Å². The Morgan fingerprint density at radius 2 is 2.21 bits per heavy atom. The fourth-order valence-electron chi connectivity index (χ4n) is 1.87. The van der Waals surface area contributed by atoms with E-state index in [-0.39, 0.29) is 6.61 Å². The molecule has 8 heteroatoms. The highest BCUT2D eigenvalue weighted by atomic mass is 32.1. The molecule has 2 aromatic heterocycles. The van der Waals surface area contributed by atoms with E-state index in [9.17, 15) is 14.4 Å². The van der Waals surface area contributed by atoms with Gasteiger partial charge in [0.1, 0.15) is 10.6 Å². The van der Waals surface area contributed by atoms with E-state index in [2.05, 4.69) is 5.43 Å². The second-order valence-corrected chi connectivity index (χ2v) is 4.93. The number of fused-ring (bicyclic) bond motifs is 1. The van der Waals surface area contributed by atoms with Crippen LogP contribution in [0, 0.1) is 0 Å². The van der Waals surface area contributed by atoms with Crippen LogP contribution in [0.15, 0.2) is 9.59 Å². The maximum atomic E-state index is 12.0. The van der Waals surface area contributed by atoms with Gasteiger partial charge < -0.3 is 9.47 Å². The van der Waals surface area contributed by atoms with Gasteiger partial charge in [0.2, 0.25) is 0 Å². The lowest BCUT2D eigenvalue weighted by molar-refractivity contribution is 0.0527. The Morgan fingerprint density at radius 1 is 1.47 bits per heavy atom.